The van der Waals surface area contributed by atoms with Gasteiger partial charge in [-0.2, -0.15) is 0 Å². The van der Waals surface area contributed by atoms with E-state index in [0.717, 1.165) is 11.8 Å². The van der Waals surface area contributed by atoms with E-state index in [-0.39, 0.29) is 10.8 Å². The zero-order valence-corrected chi connectivity index (χ0v) is 10.2. The lowest BCUT2D eigenvalue weighted by atomic mass is 9.79. The van der Waals surface area contributed by atoms with Gasteiger partial charge >= 0.3 is 0 Å². The van der Waals surface area contributed by atoms with Gasteiger partial charge in [0.05, 0.1) is 5.02 Å². The molecule has 0 saturated heterocycles. The Kier molecular flexibility index (Phi) is 2.29. The van der Waals surface area contributed by atoms with Crippen molar-refractivity contribution in [2.75, 3.05) is 0 Å². The Labute approximate surface area is 101 Å². The highest BCUT2D eigenvalue weighted by molar-refractivity contribution is 6.30. The highest BCUT2D eigenvalue weighted by Gasteiger charge is 2.56. The standard InChI is InChI=1S/C14H16ClF/c1-9-4-5-14(8-11(14)6-9)10-2-3-13(16)12(15)7-10/h2-3,7,9,11H,4-6,8H2,1H3. The van der Waals surface area contributed by atoms with Crippen LogP contribution in [0.5, 0.6) is 0 Å². The van der Waals surface area contributed by atoms with Gasteiger partial charge < -0.3 is 0 Å². The third kappa shape index (κ3) is 1.48. The predicted molar refractivity (Wildman–Crippen MR) is 64.2 cm³/mol. The van der Waals surface area contributed by atoms with E-state index in [1.807, 2.05) is 12.1 Å². The molecule has 0 nitrogen and oxygen atoms in total. The maximum Gasteiger partial charge on any atom is 0.141 e. The molecule has 16 heavy (non-hydrogen) atoms. The maximum atomic E-state index is 13.1. The summed E-state index contributed by atoms with van der Waals surface area (Å²) in [6.45, 7) is 2.33. The fraction of sp³-hybridized carbons (Fsp3) is 0.571. The lowest BCUT2D eigenvalue weighted by Gasteiger charge is -2.26. The van der Waals surface area contributed by atoms with Crippen molar-refractivity contribution in [3.63, 3.8) is 0 Å². The number of halogens is 2. The Balaban J connectivity index is 1.91. The van der Waals surface area contributed by atoms with Crippen LogP contribution >= 0.6 is 11.6 Å². The zero-order valence-electron chi connectivity index (χ0n) is 9.47. The first kappa shape index (κ1) is 10.6. The number of hydrogen-bond donors (Lipinski definition) is 0. The molecule has 2 heteroatoms. The summed E-state index contributed by atoms with van der Waals surface area (Å²) in [6, 6.07) is 5.28. The lowest BCUT2D eigenvalue weighted by molar-refractivity contribution is 0.337. The van der Waals surface area contributed by atoms with Gasteiger partial charge in [-0.15, -0.1) is 0 Å². The van der Waals surface area contributed by atoms with Crippen LogP contribution in [0.4, 0.5) is 4.39 Å². The molecule has 0 bridgehead atoms. The topological polar surface area (TPSA) is 0 Å². The summed E-state index contributed by atoms with van der Waals surface area (Å²) in [5.74, 6) is 1.37. The third-order valence-corrected chi connectivity index (χ3v) is 4.79. The predicted octanol–water partition coefficient (Wildman–Crippen LogP) is 4.56. The van der Waals surface area contributed by atoms with Crippen molar-refractivity contribution in [3.05, 3.63) is 34.6 Å². The van der Waals surface area contributed by atoms with Crippen molar-refractivity contribution in [2.45, 2.75) is 38.0 Å². The molecule has 3 unspecified atom stereocenters. The van der Waals surface area contributed by atoms with E-state index in [2.05, 4.69) is 6.92 Å². The van der Waals surface area contributed by atoms with Crippen molar-refractivity contribution in [3.8, 4) is 0 Å². The molecule has 2 aliphatic rings. The van der Waals surface area contributed by atoms with E-state index in [1.54, 1.807) is 0 Å². The quantitative estimate of drug-likeness (QED) is 0.673. The molecule has 2 aliphatic carbocycles. The SMILES string of the molecule is CC1CCC2(c3ccc(F)c(Cl)c3)CC2C1. The molecular weight excluding hydrogens is 223 g/mol. The van der Waals surface area contributed by atoms with Crippen LogP contribution in [0, 0.1) is 17.7 Å². The van der Waals surface area contributed by atoms with E-state index >= 15 is 0 Å². The maximum absolute atomic E-state index is 13.1. The lowest BCUT2D eigenvalue weighted by Crippen LogP contribution is -2.18. The number of fused-ring (bicyclic) bond motifs is 1. The smallest absolute Gasteiger partial charge is 0.141 e. The Morgan fingerprint density at radius 3 is 2.94 bits per heavy atom. The van der Waals surface area contributed by atoms with Crippen LogP contribution in [-0.4, -0.2) is 0 Å². The zero-order chi connectivity index (χ0) is 11.3. The van der Waals surface area contributed by atoms with Crippen LogP contribution < -0.4 is 0 Å². The molecular formula is C14H16ClF. The summed E-state index contributed by atoms with van der Waals surface area (Å²) >= 11 is 5.87. The van der Waals surface area contributed by atoms with E-state index in [4.69, 9.17) is 11.6 Å². The van der Waals surface area contributed by atoms with Gasteiger partial charge in [0.2, 0.25) is 0 Å². The molecule has 0 N–H and O–H groups in total. The molecule has 0 amide bonds. The van der Waals surface area contributed by atoms with E-state index in [9.17, 15) is 4.39 Å². The molecule has 1 aromatic rings. The van der Waals surface area contributed by atoms with Crippen LogP contribution in [0.2, 0.25) is 5.02 Å². The van der Waals surface area contributed by atoms with Crippen LogP contribution in [0.25, 0.3) is 0 Å². The second-order valence-electron chi connectivity index (χ2n) is 5.57. The first-order valence-electron chi connectivity index (χ1n) is 6.07. The van der Waals surface area contributed by atoms with Gasteiger partial charge in [-0.05, 0) is 60.6 Å². The fourth-order valence-electron chi connectivity index (χ4n) is 3.41. The van der Waals surface area contributed by atoms with Gasteiger partial charge in [-0.25, -0.2) is 4.39 Å². The van der Waals surface area contributed by atoms with E-state index in [1.165, 1.54) is 37.3 Å². The van der Waals surface area contributed by atoms with E-state index in [0.29, 0.717) is 5.41 Å². The average Bonchev–Trinajstić information content (AvgIpc) is 2.96. The van der Waals surface area contributed by atoms with Crippen molar-refractivity contribution < 1.29 is 4.39 Å². The average molecular weight is 239 g/mol. The molecule has 0 aliphatic heterocycles. The number of hydrogen-bond acceptors (Lipinski definition) is 0. The summed E-state index contributed by atoms with van der Waals surface area (Å²) in [7, 11) is 0. The van der Waals surface area contributed by atoms with Crippen LogP contribution in [0.3, 0.4) is 0 Å². The molecule has 0 spiro atoms. The minimum atomic E-state index is -0.303. The van der Waals surface area contributed by atoms with Crippen molar-refractivity contribution in [1.82, 2.24) is 0 Å². The summed E-state index contributed by atoms with van der Waals surface area (Å²) in [5, 5.41) is 0.274. The molecule has 0 aromatic heterocycles. The van der Waals surface area contributed by atoms with Gasteiger partial charge in [0.1, 0.15) is 5.82 Å². The summed E-state index contributed by atoms with van der Waals surface area (Å²) in [6.07, 6.45) is 5.15. The number of benzene rings is 1. The Hall–Kier alpha value is -0.560. The third-order valence-electron chi connectivity index (χ3n) is 4.50. The van der Waals surface area contributed by atoms with Gasteiger partial charge in [-0.3, -0.25) is 0 Å². The minimum absolute atomic E-state index is 0.274. The van der Waals surface area contributed by atoms with Crippen LogP contribution in [0.15, 0.2) is 18.2 Å². The summed E-state index contributed by atoms with van der Waals surface area (Å²) < 4.78 is 13.1. The van der Waals surface area contributed by atoms with Crippen molar-refractivity contribution in [1.29, 1.82) is 0 Å². The molecule has 2 saturated carbocycles. The Morgan fingerprint density at radius 2 is 2.25 bits per heavy atom. The molecule has 0 radical (unpaired) electrons. The molecule has 1 aromatic carbocycles. The van der Waals surface area contributed by atoms with Gasteiger partial charge in [0, 0.05) is 0 Å². The first-order valence-corrected chi connectivity index (χ1v) is 6.45. The van der Waals surface area contributed by atoms with Crippen LogP contribution in [0.1, 0.15) is 38.2 Å². The molecule has 3 rings (SSSR count). The Bertz CT molecular complexity index is 429. The normalized spacial score (nSPS) is 36.9. The van der Waals surface area contributed by atoms with Gasteiger partial charge in [-0.1, -0.05) is 24.6 Å². The molecule has 86 valence electrons. The van der Waals surface area contributed by atoms with Crippen molar-refractivity contribution >= 4 is 11.6 Å². The molecule has 0 heterocycles. The summed E-state index contributed by atoms with van der Waals surface area (Å²) in [4.78, 5) is 0. The molecule has 3 atom stereocenters. The highest BCUT2D eigenvalue weighted by atomic mass is 35.5. The fourth-order valence-corrected chi connectivity index (χ4v) is 3.59. The van der Waals surface area contributed by atoms with Gasteiger partial charge in [0.25, 0.3) is 0 Å². The second-order valence-corrected chi connectivity index (χ2v) is 5.97. The minimum Gasteiger partial charge on any atom is -0.205 e. The van der Waals surface area contributed by atoms with Gasteiger partial charge in [0.15, 0.2) is 0 Å². The largest absolute Gasteiger partial charge is 0.205 e. The first-order chi connectivity index (χ1) is 7.62. The monoisotopic (exact) mass is 238 g/mol. The van der Waals surface area contributed by atoms with E-state index < -0.39 is 0 Å². The summed E-state index contributed by atoms with van der Waals surface area (Å²) in [5.41, 5.74) is 1.61. The molecule has 2 fully saturated rings. The van der Waals surface area contributed by atoms with Crippen molar-refractivity contribution in [2.24, 2.45) is 11.8 Å². The highest BCUT2D eigenvalue weighted by Crippen LogP contribution is 2.63. The van der Waals surface area contributed by atoms with Crippen LogP contribution in [-0.2, 0) is 5.41 Å². The number of rotatable bonds is 1. The Morgan fingerprint density at radius 1 is 1.44 bits per heavy atom. The second kappa shape index (κ2) is 3.46.